The predicted molar refractivity (Wildman–Crippen MR) is 78.7 cm³/mol. The van der Waals surface area contributed by atoms with Crippen molar-refractivity contribution >= 4 is 5.91 Å². The third-order valence-electron chi connectivity index (χ3n) is 3.97. The van der Waals surface area contributed by atoms with Crippen molar-refractivity contribution in [3.63, 3.8) is 0 Å². The van der Waals surface area contributed by atoms with Crippen LogP contribution >= 0.6 is 0 Å². The molecule has 1 atom stereocenters. The standard InChI is InChI=1S/C16H13F3N2O3/c17-16(18,19)13-6-4-11(15(24)21-13)14(23)20-12-5-1-8-7-9(22)2-3-10(8)12/h2-4,6-7,12,22H,1,5H2,(H,20,23)(H,21,24). The van der Waals surface area contributed by atoms with E-state index < -0.39 is 23.3 Å². The summed E-state index contributed by atoms with van der Waals surface area (Å²) in [5.74, 6) is -0.615. The highest BCUT2D eigenvalue weighted by molar-refractivity contribution is 5.94. The molecule has 0 saturated heterocycles. The Morgan fingerprint density at radius 1 is 1.25 bits per heavy atom. The first-order valence-electron chi connectivity index (χ1n) is 7.19. The lowest BCUT2D eigenvalue weighted by atomic mass is 10.1. The number of carbonyl (C=O) groups is 1. The van der Waals surface area contributed by atoms with Gasteiger partial charge in [-0.1, -0.05) is 6.07 Å². The maximum atomic E-state index is 12.5. The van der Waals surface area contributed by atoms with E-state index in [1.54, 1.807) is 17.1 Å². The normalized spacial score (nSPS) is 16.7. The number of halogens is 3. The number of pyridine rings is 1. The molecule has 5 nitrogen and oxygen atoms in total. The average Bonchev–Trinajstić information content (AvgIpc) is 2.88. The summed E-state index contributed by atoms with van der Waals surface area (Å²) >= 11 is 0. The van der Waals surface area contributed by atoms with Crippen molar-refractivity contribution in [1.29, 1.82) is 0 Å². The summed E-state index contributed by atoms with van der Waals surface area (Å²) in [6.07, 6.45) is -3.44. The molecular weight excluding hydrogens is 325 g/mol. The van der Waals surface area contributed by atoms with Crippen molar-refractivity contribution in [2.24, 2.45) is 0 Å². The molecule has 1 heterocycles. The second-order valence-electron chi connectivity index (χ2n) is 5.56. The number of amides is 1. The number of aryl methyl sites for hydroxylation is 1. The highest BCUT2D eigenvalue weighted by Crippen LogP contribution is 2.33. The minimum atomic E-state index is -4.68. The van der Waals surface area contributed by atoms with Crippen molar-refractivity contribution in [1.82, 2.24) is 10.3 Å². The van der Waals surface area contributed by atoms with Gasteiger partial charge in [-0.05, 0) is 48.2 Å². The number of aromatic amines is 1. The van der Waals surface area contributed by atoms with Crippen LogP contribution in [0.3, 0.4) is 0 Å². The zero-order valence-corrected chi connectivity index (χ0v) is 12.3. The fraction of sp³-hybridized carbons (Fsp3) is 0.250. The third kappa shape index (κ3) is 2.99. The number of phenols is 1. The van der Waals surface area contributed by atoms with Gasteiger partial charge in [-0.2, -0.15) is 13.2 Å². The number of alkyl halides is 3. The minimum absolute atomic E-state index is 0.125. The molecule has 3 rings (SSSR count). The van der Waals surface area contributed by atoms with Gasteiger partial charge in [-0.15, -0.1) is 0 Å². The molecule has 24 heavy (non-hydrogen) atoms. The largest absolute Gasteiger partial charge is 0.508 e. The van der Waals surface area contributed by atoms with Gasteiger partial charge >= 0.3 is 6.18 Å². The summed E-state index contributed by atoms with van der Waals surface area (Å²) in [7, 11) is 0. The van der Waals surface area contributed by atoms with E-state index in [-0.39, 0.29) is 17.4 Å². The predicted octanol–water partition coefficient (Wildman–Crippen LogP) is 2.52. The summed E-state index contributed by atoms with van der Waals surface area (Å²) < 4.78 is 37.6. The molecule has 1 aromatic heterocycles. The molecule has 126 valence electrons. The van der Waals surface area contributed by atoms with Crippen molar-refractivity contribution in [2.75, 3.05) is 0 Å². The number of hydrogen-bond acceptors (Lipinski definition) is 3. The lowest BCUT2D eigenvalue weighted by Crippen LogP contribution is -2.32. The molecule has 1 aliphatic rings. The monoisotopic (exact) mass is 338 g/mol. The number of aromatic hydroxyl groups is 1. The second kappa shape index (κ2) is 5.70. The molecule has 0 saturated carbocycles. The van der Waals surface area contributed by atoms with E-state index in [0.717, 1.165) is 17.2 Å². The van der Waals surface area contributed by atoms with Gasteiger partial charge < -0.3 is 15.4 Å². The maximum Gasteiger partial charge on any atom is 0.431 e. The van der Waals surface area contributed by atoms with Gasteiger partial charge in [-0.3, -0.25) is 9.59 Å². The van der Waals surface area contributed by atoms with Gasteiger partial charge in [0.05, 0.1) is 6.04 Å². The van der Waals surface area contributed by atoms with Crippen LogP contribution in [-0.4, -0.2) is 16.0 Å². The molecule has 0 spiro atoms. The van der Waals surface area contributed by atoms with Crippen LogP contribution in [0.15, 0.2) is 35.1 Å². The Morgan fingerprint density at radius 2 is 2.00 bits per heavy atom. The van der Waals surface area contributed by atoms with E-state index in [0.29, 0.717) is 18.9 Å². The molecule has 1 amide bonds. The molecule has 8 heteroatoms. The van der Waals surface area contributed by atoms with E-state index in [1.807, 2.05) is 0 Å². The number of fused-ring (bicyclic) bond motifs is 1. The molecule has 1 aromatic carbocycles. The van der Waals surface area contributed by atoms with E-state index >= 15 is 0 Å². The van der Waals surface area contributed by atoms with Crippen molar-refractivity contribution < 1.29 is 23.1 Å². The Balaban J connectivity index is 1.81. The number of aromatic nitrogens is 1. The first kappa shape index (κ1) is 16.1. The Morgan fingerprint density at radius 3 is 2.67 bits per heavy atom. The number of nitrogens with one attached hydrogen (secondary N) is 2. The summed E-state index contributed by atoms with van der Waals surface area (Å²) in [6.45, 7) is 0. The minimum Gasteiger partial charge on any atom is -0.508 e. The van der Waals surface area contributed by atoms with Gasteiger partial charge in [-0.25, -0.2) is 0 Å². The van der Waals surface area contributed by atoms with Crippen LogP contribution in [0.25, 0.3) is 0 Å². The van der Waals surface area contributed by atoms with E-state index in [9.17, 15) is 27.9 Å². The zero-order chi connectivity index (χ0) is 17.5. The van der Waals surface area contributed by atoms with Crippen LogP contribution in [0, 0.1) is 0 Å². The van der Waals surface area contributed by atoms with Gasteiger partial charge in [0.15, 0.2) is 0 Å². The number of H-pyrrole nitrogens is 1. The van der Waals surface area contributed by atoms with Gasteiger partial charge in [0, 0.05) is 0 Å². The van der Waals surface area contributed by atoms with Gasteiger partial charge in [0.1, 0.15) is 17.0 Å². The summed E-state index contributed by atoms with van der Waals surface area (Å²) in [5, 5.41) is 12.1. The zero-order valence-electron chi connectivity index (χ0n) is 12.3. The summed E-state index contributed by atoms with van der Waals surface area (Å²) in [4.78, 5) is 25.6. The van der Waals surface area contributed by atoms with Crippen LogP contribution in [0.5, 0.6) is 5.75 Å². The van der Waals surface area contributed by atoms with Crippen LogP contribution in [0.4, 0.5) is 13.2 Å². The Kier molecular flexibility index (Phi) is 3.82. The topological polar surface area (TPSA) is 82.2 Å². The number of phenolic OH excluding ortho intramolecular Hbond substituents is 1. The fourth-order valence-electron chi connectivity index (χ4n) is 2.81. The molecule has 0 bridgehead atoms. The molecule has 0 fully saturated rings. The van der Waals surface area contributed by atoms with Crippen molar-refractivity contribution in [2.45, 2.75) is 25.1 Å². The molecule has 1 unspecified atom stereocenters. The van der Waals surface area contributed by atoms with E-state index in [4.69, 9.17) is 0 Å². The highest BCUT2D eigenvalue weighted by Gasteiger charge is 2.32. The Hall–Kier alpha value is -2.77. The van der Waals surface area contributed by atoms with Crippen LogP contribution in [0.2, 0.25) is 0 Å². The summed E-state index contributed by atoms with van der Waals surface area (Å²) in [5.41, 5.74) is -0.960. The first-order valence-corrected chi connectivity index (χ1v) is 7.19. The number of rotatable bonds is 2. The van der Waals surface area contributed by atoms with E-state index in [1.165, 1.54) is 6.07 Å². The Bertz CT molecular complexity index is 858. The Labute approximate surface area is 134 Å². The molecule has 2 aromatic rings. The molecule has 3 N–H and O–H groups in total. The lowest BCUT2D eigenvalue weighted by molar-refractivity contribution is -0.141. The highest BCUT2D eigenvalue weighted by atomic mass is 19.4. The second-order valence-corrected chi connectivity index (χ2v) is 5.56. The quantitative estimate of drug-likeness (QED) is 0.787. The van der Waals surface area contributed by atoms with Crippen LogP contribution in [-0.2, 0) is 12.6 Å². The van der Waals surface area contributed by atoms with Crippen molar-refractivity contribution in [3.05, 3.63) is 63.1 Å². The summed E-state index contributed by atoms with van der Waals surface area (Å²) in [6, 6.07) is 5.95. The number of benzene rings is 1. The number of carbonyl (C=O) groups excluding carboxylic acids is 1. The third-order valence-corrected chi connectivity index (χ3v) is 3.97. The SMILES string of the molecule is O=C(NC1CCc2cc(O)ccc21)c1ccc(C(F)(F)F)[nH]c1=O. The smallest absolute Gasteiger partial charge is 0.431 e. The van der Waals surface area contributed by atoms with Crippen molar-refractivity contribution in [3.8, 4) is 5.75 Å². The first-order chi connectivity index (χ1) is 11.3. The molecule has 0 radical (unpaired) electrons. The molecular formula is C16H13F3N2O3. The van der Waals surface area contributed by atoms with E-state index in [2.05, 4.69) is 5.32 Å². The average molecular weight is 338 g/mol. The maximum absolute atomic E-state index is 12.5. The van der Waals surface area contributed by atoms with Gasteiger partial charge in [0.25, 0.3) is 11.5 Å². The van der Waals surface area contributed by atoms with Gasteiger partial charge in [0.2, 0.25) is 0 Å². The van der Waals surface area contributed by atoms with Crippen LogP contribution in [0.1, 0.15) is 39.6 Å². The number of hydrogen-bond donors (Lipinski definition) is 3. The fourth-order valence-corrected chi connectivity index (χ4v) is 2.81. The molecule has 1 aliphatic carbocycles. The molecule has 0 aliphatic heterocycles. The van der Waals surface area contributed by atoms with Crippen LogP contribution < -0.4 is 10.9 Å². The lowest BCUT2D eigenvalue weighted by Gasteiger charge is -2.14.